The molecule has 0 saturated carbocycles. The number of ether oxygens (including phenoxy) is 1. The predicted molar refractivity (Wildman–Crippen MR) is 99.7 cm³/mol. The zero-order valence-corrected chi connectivity index (χ0v) is 16.0. The topological polar surface area (TPSA) is 101 Å². The van der Waals surface area contributed by atoms with E-state index in [2.05, 4.69) is 15.3 Å². The molecule has 0 radical (unpaired) electrons. The number of H-pyrrole nitrogens is 1. The third kappa shape index (κ3) is 4.86. The highest BCUT2D eigenvalue weighted by atomic mass is 35.5. The molecule has 138 valence electrons. The molecule has 1 aromatic heterocycles. The van der Waals surface area contributed by atoms with Crippen LogP contribution in [0.25, 0.3) is 0 Å². The maximum absolute atomic E-state index is 12.2. The summed E-state index contributed by atoms with van der Waals surface area (Å²) in [6.07, 6.45) is 0. The largest absolute Gasteiger partial charge is 0.465 e. The number of nitrogens with one attached hydrogen (secondary N) is 2. The van der Waals surface area contributed by atoms with Crippen LogP contribution in [0, 0.1) is 6.92 Å². The SMILES string of the molecule is COC(=O)c1c(SCC(=O)NC(C)c2ccccc2Cl)nc(=O)[nH]c1C. The average Bonchev–Trinajstić information content (AvgIpc) is 2.59. The normalized spacial score (nSPS) is 11.7. The van der Waals surface area contributed by atoms with E-state index in [1.807, 2.05) is 25.1 Å². The minimum absolute atomic E-state index is 0.0192. The first-order valence-electron chi connectivity index (χ1n) is 7.69. The van der Waals surface area contributed by atoms with Crippen LogP contribution in [0.15, 0.2) is 34.1 Å². The lowest BCUT2D eigenvalue weighted by molar-refractivity contribution is -0.119. The molecular formula is C17H18ClN3O4S. The minimum atomic E-state index is -0.626. The second kappa shape index (κ2) is 8.86. The summed E-state index contributed by atoms with van der Waals surface area (Å²) < 4.78 is 4.71. The molecular weight excluding hydrogens is 378 g/mol. The van der Waals surface area contributed by atoms with Gasteiger partial charge in [-0.1, -0.05) is 41.6 Å². The first-order valence-corrected chi connectivity index (χ1v) is 9.05. The van der Waals surface area contributed by atoms with Gasteiger partial charge in [0.15, 0.2) is 0 Å². The maximum atomic E-state index is 12.2. The van der Waals surface area contributed by atoms with Crippen molar-refractivity contribution in [3.63, 3.8) is 0 Å². The number of hydrogen-bond acceptors (Lipinski definition) is 6. The number of aryl methyl sites for hydroxylation is 1. The van der Waals surface area contributed by atoms with Crippen LogP contribution in [0.4, 0.5) is 0 Å². The molecule has 0 aliphatic heterocycles. The van der Waals surface area contributed by atoms with Crippen molar-refractivity contribution < 1.29 is 14.3 Å². The summed E-state index contributed by atoms with van der Waals surface area (Å²) in [6.45, 7) is 3.39. The van der Waals surface area contributed by atoms with Crippen molar-refractivity contribution in [2.75, 3.05) is 12.9 Å². The summed E-state index contributed by atoms with van der Waals surface area (Å²) in [6, 6.07) is 6.94. The number of methoxy groups -OCH3 is 1. The van der Waals surface area contributed by atoms with Crippen molar-refractivity contribution in [1.29, 1.82) is 0 Å². The highest BCUT2D eigenvalue weighted by Crippen LogP contribution is 2.24. The Kier molecular flexibility index (Phi) is 6.82. The Labute approximate surface area is 159 Å². The van der Waals surface area contributed by atoms with Gasteiger partial charge in [-0.15, -0.1) is 0 Å². The van der Waals surface area contributed by atoms with Gasteiger partial charge in [-0.2, -0.15) is 4.98 Å². The van der Waals surface area contributed by atoms with E-state index in [0.29, 0.717) is 10.7 Å². The first-order chi connectivity index (χ1) is 12.3. The Morgan fingerprint density at radius 3 is 2.73 bits per heavy atom. The van der Waals surface area contributed by atoms with Gasteiger partial charge < -0.3 is 15.0 Å². The molecule has 7 nitrogen and oxygen atoms in total. The van der Waals surface area contributed by atoms with E-state index in [9.17, 15) is 14.4 Å². The smallest absolute Gasteiger partial charge is 0.346 e. The highest BCUT2D eigenvalue weighted by molar-refractivity contribution is 8.00. The van der Waals surface area contributed by atoms with Gasteiger partial charge in [0.1, 0.15) is 10.6 Å². The number of aromatic amines is 1. The highest BCUT2D eigenvalue weighted by Gasteiger charge is 2.20. The molecule has 26 heavy (non-hydrogen) atoms. The predicted octanol–water partition coefficient (Wildman–Crippen LogP) is 2.49. The molecule has 2 N–H and O–H groups in total. The summed E-state index contributed by atoms with van der Waals surface area (Å²) in [5.74, 6) is -0.925. The Balaban J connectivity index is 2.09. The molecule has 0 saturated heterocycles. The van der Waals surface area contributed by atoms with Gasteiger partial charge in [-0.3, -0.25) is 4.79 Å². The maximum Gasteiger partial charge on any atom is 0.346 e. The van der Waals surface area contributed by atoms with Crippen LogP contribution in [0.2, 0.25) is 5.02 Å². The van der Waals surface area contributed by atoms with Gasteiger partial charge in [-0.25, -0.2) is 9.59 Å². The van der Waals surface area contributed by atoms with E-state index in [-0.39, 0.29) is 28.3 Å². The van der Waals surface area contributed by atoms with E-state index in [1.165, 1.54) is 7.11 Å². The Bertz CT molecular complexity index is 885. The van der Waals surface area contributed by atoms with Crippen LogP contribution in [0.3, 0.4) is 0 Å². The minimum Gasteiger partial charge on any atom is -0.465 e. The van der Waals surface area contributed by atoms with E-state index in [0.717, 1.165) is 17.3 Å². The van der Waals surface area contributed by atoms with E-state index < -0.39 is 11.7 Å². The van der Waals surface area contributed by atoms with E-state index in [1.54, 1.807) is 13.0 Å². The second-order valence-corrected chi connectivity index (χ2v) is 6.81. The standard InChI is InChI=1S/C17H18ClN3O4S/c1-9(11-6-4-5-7-12(11)18)19-13(22)8-26-15-14(16(23)25-3)10(2)20-17(24)21-15/h4-7,9H,8H2,1-3H3,(H,19,22)(H,20,21,24). The summed E-state index contributed by atoms with van der Waals surface area (Å²) >= 11 is 7.12. The van der Waals surface area contributed by atoms with Crippen molar-refractivity contribution in [3.05, 3.63) is 56.6 Å². The molecule has 0 fully saturated rings. The van der Waals surface area contributed by atoms with Gasteiger partial charge in [-0.05, 0) is 25.5 Å². The fraction of sp³-hybridized carbons (Fsp3) is 0.294. The number of carbonyl (C=O) groups is 2. The number of hydrogen-bond donors (Lipinski definition) is 2. The third-order valence-corrected chi connectivity index (χ3v) is 4.88. The average molecular weight is 396 g/mol. The monoisotopic (exact) mass is 395 g/mol. The number of nitrogens with zero attached hydrogens (tertiary/aromatic N) is 1. The molecule has 2 rings (SSSR count). The van der Waals surface area contributed by atoms with Crippen LogP contribution in [-0.2, 0) is 9.53 Å². The number of thioether (sulfide) groups is 1. The van der Waals surface area contributed by atoms with Crippen molar-refractivity contribution in [3.8, 4) is 0 Å². The van der Waals surface area contributed by atoms with Crippen LogP contribution < -0.4 is 11.0 Å². The fourth-order valence-electron chi connectivity index (χ4n) is 2.33. The van der Waals surface area contributed by atoms with Crippen molar-refractivity contribution in [1.82, 2.24) is 15.3 Å². The van der Waals surface area contributed by atoms with Crippen LogP contribution in [0.1, 0.15) is 34.6 Å². The van der Waals surface area contributed by atoms with E-state index in [4.69, 9.17) is 16.3 Å². The second-order valence-electron chi connectivity index (χ2n) is 5.44. The number of halogens is 1. The fourth-order valence-corrected chi connectivity index (χ4v) is 3.51. The molecule has 0 bridgehead atoms. The summed E-state index contributed by atoms with van der Waals surface area (Å²) in [5.41, 5.74) is 0.684. The zero-order valence-electron chi connectivity index (χ0n) is 14.5. The van der Waals surface area contributed by atoms with Gasteiger partial charge >= 0.3 is 11.7 Å². The summed E-state index contributed by atoms with van der Waals surface area (Å²) in [5, 5.41) is 3.54. The summed E-state index contributed by atoms with van der Waals surface area (Å²) in [7, 11) is 1.24. The number of carbonyl (C=O) groups excluding carboxylic acids is 2. The number of esters is 1. The lowest BCUT2D eigenvalue weighted by Gasteiger charge is -2.15. The van der Waals surface area contributed by atoms with E-state index >= 15 is 0 Å². The van der Waals surface area contributed by atoms with Crippen molar-refractivity contribution >= 4 is 35.2 Å². The van der Waals surface area contributed by atoms with Gasteiger partial charge in [0.25, 0.3) is 0 Å². The van der Waals surface area contributed by atoms with Crippen LogP contribution >= 0.6 is 23.4 Å². The number of aromatic nitrogens is 2. The zero-order chi connectivity index (χ0) is 19.3. The lowest BCUT2D eigenvalue weighted by Crippen LogP contribution is -2.28. The molecule has 1 unspecified atom stereocenters. The molecule has 1 atom stereocenters. The quantitative estimate of drug-likeness (QED) is 0.442. The summed E-state index contributed by atoms with van der Waals surface area (Å²) in [4.78, 5) is 41.9. The molecule has 1 aromatic carbocycles. The lowest BCUT2D eigenvalue weighted by atomic mass is 10.1. The first kappa shape index (κ1) is 20.0. The van der Waals surface area contributed by atoms with Gasteiger partial charge in [0.05, 0.1) is 18.9 Å². The Morgan fingerprint density at radius 2 is 2.08 bits per heavy atom. The number of benzene rings is 1. The molecule has 9 heteroatoms. The molecule has 1 amide bonds. The molecule has 0 aliphatic carbocycles. The van der Waals surface area contributed by atoms with Gasteiger partial charge in [0, 0.05) is 10.7 Å². The third-order valence-electron chi connectivity index (χ3n) is 3.57. The number of rotatable bonds is 6. The Hall–Kier alpha value is -2.32. The molecule has 2 aromatic rings. The molecule has 1 heterocycles. The van der Waals surface area contributed by atoms with Crippen molar-refractivity contribution in [2.24, 2.45) is 0 Å². The van der Waals surface area contributed by atoms with Crippen LogP contribution in [0.5, 0.6) is 0 Å². The number of amides is 1. The van der Waals surface area contributed by atoms with Crippen LogP contribution in [-0.4, -0.2) is 34.7 Å². The molecule has 0 aliphatic rings. The Morgan fingerprint density at radius 1 is 1.38 bits per heavy atom. The van der Waals surface area contributed by atoms with Crippen molar-refractivity contribution in [2.45, 2.75) is 24.9 Å². The molecule has 0 spiro atoms. The van der Waals surface area contributed by atoms with Gasteiger partial charge in [0.2, 0.25) is 5.91 Å².